The van der Waals surface area contributed by atoms with E-state index in [2.05, 4.69) is 10.6 Å². The molecule has 3 amide bonds. The standard InChI is InChI=1S/C24H39N3O5/c1-9-17(5)27(22(30)19(14-28)26-23(31)32-24(6,7)8)20(21(29)25-15(2)3)18-13-11-10-12-16(18)4/h10-13,15,17,19-20,28H,9,14H2,1-8H3,(H,25,29)(H,26,31). The first-order valence-electron chi connectivity index (χ1n) is 11.1. The molecule has 0 aromatic heterocycles. The van der Waals surface area contributed by atoms with E-state index in [0.29, 0.717) is 12.0 Å². The third kappa shape index (κ3) is 7.82. The normalized spacial score (nSPS) is 14.3. The predicted molar refractivity (Wildman–Crippen MR) is 124 cm³/mol. The summed E-state index contributed by atoms with van der Waals surface area (Å²) in [6, 6.07) is 4.75. The van der Waals surface area contributed by atoms with Crippen LogP contribution in [-0.4, -0.2) is 58.2 Å². The molecule has 0 fully saturated rings. The number of carbonyl (C=O) groups excluding carboxylic acids is 3. The third-order valence-electron chi connectivity index (χ3n) is 4.93. The minimum absolute atomic E-state index is 0.128. The van der Waals surface area contributed by atoms with Crippen LogP contribution in [0, 0.1) is 6.92 Å². The molecule has 0 bridgehead atoms. The molecule has 8 nitrogen and oxygen atoms in total. The molecule has 0 spiro atoms. The number of carbonyl (C=O) groups is 3. The van der Waals surface area contributed by atoms with Crippen molar-refractivity contribution < 1.29 is 24.2 Å². The number of amides is 3. The number of hydrogen-bond acceptors (Lipinski definition) is 5. The van der Waals surface area contributed by atoms with Crippen molar-refractivity contribution in [1.29, 1.82) is 0 Å². The van der Waals surface area contributed by atoms with Crippen molar-refractivity contribution in [3.05, 3.63) is 35.4 Å². The van der Waals surface area contributed by atoms with Crippen molar-refractivity contribution in [3.63, 3.8) is 0 Å². The topological polar surface area (TPSA) is 108 Å². The van der Waals surface area contributed by atoms with Crippen LogP contribution in [0.2, 0.25) is 0 Å². The molecule has 1 aromatic rings. The smallest absolute Gasteiger partial charge is 0.408 e. The van der Waals surface area contributed by atoms with Gasteiger partial charge >= 0.3 is 6.09 Å². The van der Waals surface area contributed by atoms with Gasteiger partial charge in [0, 0.05) is 12.1 Å². The molecule has 32 heavy (non-hydrogen) atoms. The molecule has 0 saturated heterocycles. The Bertz CT molecular complexity index is 788. The number of aliphatic hydroxyl groups excluding tert-OH is 1. The minimum Gasteiger partial charge on any atom is -0.444 e. The Labute approximate surface area is 191 Å². The fourth-order valence-electron chi connectivity index (χ4n) is 3.29. The molecular weight excluding hydrogens is 410 g/mol. The second-order valence-electron chi connectivity index (χ2n) is 9.31. The average molecular weight is 450 g/mol. The number of aliphatic hydroxyl groups is 1. The number of ether oxygens (including phenoxy) is 1. The maximum Gasteiger partial charge on any atom is 0.408 e. The van der Waals surface area contributed by atoms with Gasteiger partial charge in [0.25, 0.3) is 0 Å². The Morgan fingerprint density at radius 1 is 1.09 bits per heavy atom. The fraction of sp³-hybridized carbons (Fsp3) is 0.625. The summed E-state index contributed by atoms with van der Waals surface area (Å²) in [5.74, 6) is -0.878. The highest BCUT2D eigenvalue weighted by Crippen LogP contribution is 2.28. The summed E-state index contributed by atoms with van der Waals surface area (Å²) in [4.78, 5) is 40.7. The van der Waals surface area contributed by atoms with Crippen LogP contribution in [0.3, 0.4) is 0 Å². The number of hydrogen-bond donors (Lipinski definition) is 3. The van der Waals surface area contributed by atoms with Crippen LogP contribution in [0.15, 0.2) is 24.3 Å². The highest BCUT2D eigenvalue weighted by Gasteiger charge is 2.38. The van der Waals surface area contributed by atoms with Crippen LogP contribution in [0.4, 0.5) is 4.79 Å². The van der Waals surface area contributed by atoms with Gasteiger partial charge in [0.2, 0.25) is 11.8 Å². The molecular formula is C24H39N3O5. The molecule has 3 unspecified atom stereocenters. The molecule has 0 radical (unpaired) electrons. The van der Waals surface area contributed by atoms with Gasteiger partial charge in [-0.1, -0.05) is 31.2 Å². The summed E-state index contributed by atoms with van der Waals surface area (Å²) in [5, 5.41) is 15.3. The lowest BCUT2D eigenvalue weighted by Crippen LogP contribution is -2.57. The first-order chi connectivity index (χ1) is 14.8. The number of nitrogens with zero attached hydrogens (tertiary/aromatic N) is 1. The third-order valence-corrected chi connectivity index (χ3v) is 4.93. The lowest BCUT2D eigenvalue weighted by Gasteiger charge is -2.38. The van der Waals surface area contributed by atoms with Crippen LogP contribution in [0.1, 0.15) is 72.1 Å². The Morgan fingerprint density at radius 2 is 1.69 bits per heavy atom. The van der Waals surface area contributed by atoms with Gasteiger partial charge in [-0.25, -0.2) is 4.79 Å². The zero-order valence-corrected chi connectivity index (χ0v) is 20.6. The van der Waals surface area contributed by atoms with E-state index >= 15 is 0 Å². The number of alkyl carbamates (subject to hydrolysis) is 1. The van der Waals surface area contributed by atoms with Crippen molar-refractivity contribution in [1.82, 2.24) is 15.5 Å². The molecule has 0 heterocycles. The summed E-state index contributed by atoms with van der Waals surface area (Å²) in [6.07, 6.45) is -0.235. The minimum atomic E-state index is -1.25. The van der Waals surface area contributed by atoms with Gasteiger partial charge < -0.3 is 25.4 Å². The number of nitrogens with one attached hydrogen (secondary N) is 2. The zero-order valence-electron chi connectivity index (χ0n) is 20.6. The van der Waals surface area contributed by atoms with E-state index in [0.717, 1.165) is 5.56 Å². The van der Waals surface area contributed by atoms with Crippen molar-refractivity contribution in [2.75, 3.05) is 6.61 Å². The molecule has 180 valence electrons. The highest BCUT2D eigenvalue weighted by atomic mass is 16.6. The summed E-state index contributed by atoms with van der Waals surface area (Å²) in [5.41, 5.74) is 0.788. The maximum atomic E-state index is 13.6. The van der Waals surface area contributed by atoms with E-state index in [1.54, 1.807) is 20.8 Å². The van der Waals surface area contributed by atoms with Gasteiger partial charge in [-0.3, -0.25) is 9.59 Å². The molecule has 0 aliphatic carbocycles. The van der Waals surface area contributed by atoms with Crippen LogP contribution < -0.4 is 10.6 Å². The van der Waals surface area contributed by atoms with Crippen LogP contribution in [0.25, 0.3) is 0 Å². The number of benzene rings is 1. The summed E-state index contributed by atoms with van der Waals surface area (Å²) >= 11 is 0. The molecule has 1 aromatic carbocycles. The van der Waals surface area contributed by atoms with Crippen molar-refractivity contribution >= 4 is 17.9 Å². The van der Waals surface area contributed by atoms with Gasteiger partial charge in [0.1, 0.15) is 17.7 Å². The number of rotatable bonds is 9. The molecule has 0 saturated carbocycles. The summed E-state index contributed by atoms with van der Waals surface area (Å²) in [6.45, 7) is 13.8. The lowest BCUT2D eigenvalue weighted by molar-refractivity contribution is -0.146. The quantitative estimate of drug-likeness (QED) is 0.537. The first-order valence-corrected chi connectivity index (χ1v) is 11.1. The fourth-order valence-corrected chi connectivity index (χ4v) is 3.29. The van der Waals surface area contributed by atoms with E-state index in [9.17, 15) is 19.5 Å². The zero-order chi connectivity index (χ0) is 24.6. The molecule has 0 aliphatic rings. The molecule has 0 aliphatic heterocycles. The maximum absolute atomic E-state index is 13.6. The van der Waals surface area contributed by atoms with Crippen molar-refractivity contribution in [2.24, 2.45) is 0 Å². The monoisotopic (exact) mass is 449 g/mol. The predicted octanol–water partition coefficient (Wildman–Crippen LogP) is 3.07. The number of aryl methyl sites for hydroxylation is 1. The summed E-state index contributed by atoms with van der Waals surface area (Å²) in [7, 11) is 0. The molecule has 1 rings (SSSR count). The largest absolute Gasteiger partial charge is 0.444 e. The second-order valence-corrected chi connectivity index (χ2v) is 9.31. The van der Waals surface area contributed by atoms with E-state index in [1.807, 2.05) is 58.9 Å². The SMILES string of the molecule is CCC(C)N(C(=O)C(CO)NC(=O)OC(C)(C)C)C(C(=O)NC(C)C)c1ccccc1C. The Kier molecular flexibility index (Phi) is 10.2. The first kappa shape index (κ1) is 27.4. The van der Waals surface area contributed by atoms with Gasteiger partial charge in [-0.15, -0.1) is 0 Å². The van der Waals surface area contributed by atoms with Crippen molar-refractivity contribution in [3.8, 4) is 0 Å². The molecule has 8 heteroatoms. The average Bonchev–Trinajstić information content (AvgIpc) is 2.68. The Hall–Kier alpha value is -2.61. The van der Waals surface area contributed by atoms with Gasteiger partial charge in [0.05, 0.1) is 6.61 Å². The molecule has 3 atom stereocenters. The van der Waals surface area contributed by atoms with Crippen LogP contribution in [0.5, 0.6) is 0 Å². The van der Waals surface area contributed by atoms with Crippen molar-refractivity contribution in [2.45, 2.75) is 91.6 Å². The summed E-state index contributed by atoms with van der Waals surface area (Å²) < 4.78 is 5.24. The van der Waals surface area contributed by atoms with Gasteiger partial charge in [-0.2, -0.15) is 0 Å². The van der Waals surface area contributed by atoms with E-state index in [4.69, 9.17) is 4.74 Å². The van der Waals surface area contributed by atoms with Gasteiger partial charge in [0.15, 0.2) is 0 Å². The molecule has 3 N–H and O–H groups in total. The van der Waals surface area contributed by atoms with E-state index in [-0.39, 0.29) is 18.0 Å². The lowest BCUT2D eigenvalue weighted by atomic mass is 9.96. The second kappa shape index (κ2) is 11.9. The Morgan fingerprint density at radius 3 is 2.16 bits per heavy atom. The van der Waals surface area contributed by atoms with Gasteiger partial charge in [-0.05, 0) is 66.0 Å². The Balaban J connectivity index is 3.43. The van der Waals surface area contributed by atoms with Crippen LogP contribution in [-0.2, 0) is 14.3 Å². The van der Waals surface area contributed by atoms with E-state index < -0.39 is 36.3 Å². The van der Waals surface area contributed by atoms with Crippen LogP contribution >= 0.6 is 0 Å². The van der Waals surface area contributed by atoms with E-state index in [1.165, 1.54) is 4.90 Å². The highest BCUT2D eigenvalue weighted by molar-refractivity contribution is 5.92.